The summed E-state index contributed by atoms with van der Waals surface area (Å²) >= 11 is 0. The first-order valence-corrected chi connectivity index (χ1v) is 6.51. The van der Waals surface area contributed by atoms with Gasteiger partial charge in [-0.1, -0.05) is 6.42 Å². The highest BCUT2D eigenvalue weighted by atomic mass is 16.6. The molecule has 0 aromatic heterocycles. The maximum Gasteiger partial charge on any atom is 0.407 e. The van der Waals surface area contributed by atoms with Crippen LogP contribution in [0, 0.1) is 0 Å². The number of ether oxygens (including phenoxy) is 2. The van der Waals surface area contributed by atoms with E-state index in [0.717, 1.165) is 32.3 Å². The first kappa shape index (κ1) is 12.6. The molecule has 1 saturated heterocycles. The van der Waals surface area contributed by atoms with Crippen LogP contribution in [0.1, 0.15) is 32.1 Å². The van der Waals surface area contributed by atoms with Crippen molar-refractivity contribution in [3.8, 4) is 0 Å². The minimum absolute atomic E-state index is 0.0103. The fourth-order valence-electron chi connectivity index (χ4n) is 2.55. The third-order valence-corrected chi connectivity index (χ3v) is 3.58. The molecule has 2 aliphatic rings. The van der Waals surface area contributed by atoms with Gasteiger partial charge < -0.3 is 20.1 Å². The fourth-order valence-corrected chi connectivity index (χ4v) is 2.55. The van der Waals surface area contributed by atoms with Gasteiger partial charge >= 0.3 is 6.09 Å². The molecule has 2 rings (SSSR count). The Bertz CT molecular complexity index is 254. The van der Waals surface area contributed by atoms with Crippen molar-refractivity contribution < 1.29 is 14.3 Å². The van der Waals surface area contributed by atoms with Gasteiger partial charge in [0.1, 0.15) is 6.10 Å². The lowest BCUT2D eigenvalue weighted by Gasteiger charge is -2.31. The van der Waals surface area contributed by atoms with Crippen molar-refractivity contribution in [3.63, 3.8) is 0 Å². The van der Waals surface area contributed by atoms with Gasteiger partial charge in [0.2, 0.25) is 0 Å². The second kappa shape index (κ2) is 6.21. The van der Waals surface area contributed by atoms with E-state index in [9.17, 15) is 4.79 Å². The van der Waals surface area contributed by atoms with Gasteiger partial charge in [-0.15, -0.1) is 0 Å². The molecule has 17 heavy (non-hydrogen) atoms. The smallest absolute Gasteiger partial charge is 0.407 e. The highest BCUT2D eigenvalue weighted by Crippen LogP contribution is 2.21. The van der Waals surface area contributed by atoms with Crippen molar-refractivity contribution in [2.45, 2.75) is 50.3 Å². The van der Waals surface area contributed by atoms with Gasteiger partial charge in [0.15, 0.2) is 0 Å². The van der Waals surface area contributed by atoms with Crippen molar-refractivity contribution in [1.82, 2.24) is 10.6 Å². The van der Waals surface area contributed by atoms with Gasteiger partial charge in [0.25, 0.3) is 0 Å². The number of alkyl carbamates (subject to hydrolysis) is 1. The second-order valence-corrected chi connectivity index (χ2v) is 4.83. The van der Waals surface area contributed by atoms with Crippen LogP contribution in [-0.4, -0.2) is 44.5 Å². The molecular formula is C12H22N2O3. The SMILES string of the molecule is CNC1CCCCC1OC(=O)NC1CCOC1. The van der Waals surface area contributed by atoms with E-state index in [1.807, 2.05) is 7.05 Å². The lowest BCUT2D eigenvalue weighted by Crippen LogP contribution is -2.46. The van der Waals surface area contributed by atoms with E-state index in [0.29, 0.717) is 12.6 Å². The first-order chi connectivity index (χ1) is 8.29. The van der Waals surface area contributed by atoms with Crippen molar-refractivity contribution in [1.29, 1.82) is 0 Å². The number of nitrogens with one attached hydrogen (secondary N) is 2. The van der Waals surface area contributed by atoms with Gasteiger partial charge in [-0.2, -0.15) is 0 Å². The van der Waals surface area contributed by atoms with E-state index in [1.165, 1.54) is 6.42 Å². The summed E-state index contributed by atoms with van der Waals surface area (Å²) < 4.78 is 10.7. The molecular weight excluding hydrogens is 220 g/mol. The Morgan fingerprint density at radius 3 is 2.82 bits per heavy atom. The summed E-state index contributed by atoms with van der Waals surface area (Å²) in [6.07, 6.45) is 4.99. The number of rotatable bonds is 3. The van der Waals surface area contributed by atoms with E-state index in [-0.39, 0.29) is 18.2 Å². The van der Waals surface area contributed by atoms with E-state index < -0.39 is 0 Å². The third kappa shape index (κ3) is 3.57. The summed E-state index contributed by atoms with van der Waals surface area (Å²) in [6.45, 7) is 1.34. The Morgan fingerprint density at radius 1 is 1.29 bits per heavy atom. The number of hydrogen-bond donors (Lipinski definition) is 2. The molecule has 3 atom stereocenters. The highest BCUT2D eigenvalue weighted by Gasteiger charge is 2.28. The van der Waals surface area contributed by atoms with Crippen LogP contribution in [0.2, 0.25) is 0 Å². The second-order valence-electron chi connectivity index (χ2n) is 4.83. The Morgan fingerprint density at radius 2 is 2.12 bits per heavy atom. The molecule has 5 heteroatoms. The molecule has 1 heterocycles. The van der Waals surface area contributed by atoms with Crippen LogP contribution in [0.4, 0.5) is 4.79 Å². The highest BCUT2D eigenvalue weighted by molar-refractivity contribution is 5.67. The first-order valence-electron chi connectivity index (χ1n) is 6.51. The van der Waals surface area contributed by atoms with Gasteiger partial charge in [-0.05, 0) is 32.7 Å². The average molecular weight is 242 g/mol. The van der Waals surface area contributed by atoms with E-state index in [1.54, 1.807) is 0 Å². The van der Waals surface area contributed by atoms with E-state index >= 15 is 0 Å². The molecule has 2 N–H and O–H groups in total. The molecule has 1 aliphatic carbocycles. The summed E-state index contributed by atoms with van der Waals surface area (Å²) in [4.78, 5) is 11.7. The van der Waals surface area contributed by atoms with Gasteiger partial charge in [-0.3, -0.25) is 0 Å². The zero-order valence-corrected chi connectivity index (χ0v) is 10.4. The van der Waals surface area contributed by atoms with Crippen molar-refractivity contribution in [2.75, 3.05) is 20.3 Å². The molecule has 98 valence electrons. The van der Waals surface area contributed by atoms with Gasteiger partial charge in [0, 0.05) is 12.6 Å². The van der Waals surface area contributed by atoms with Crippen molar-refractivity contribution in [3.05, 3.63) is 0 Å². The number of carbonyl (C=O) groups is 1. The predicted molar refractivity (Wildman–Crippen MR) is 63.9 cm³/mol. The Hall–Kier alpha value is -0.810. The quantitative estimate of drug-likeness (QED) is 0.776. The molecule has 2 fully saturated rings. The van der Waals surface area contributed by atoms with E-state index in [2.05, 4.69) is 10.6 Å². The summed E-state index contributed by atoms with van der Waals surface area (Å²) in [5.74, 6) is 0. The number of amides is 1. The zero-order chi connectivity index (χ0) is 12.1. The number of carbonyl (C=O) groups excluding carboxylic acids is 1. The van der Waals surface area contributed by atoms with Crippen molar-refractivity contribution >= 4 is 6.09 Å². The molecule has 0 aromatic carbocycles. The molecule has 1 amide bonds. The normalized spacial score (nSPS) is 33.4. The molecule has 1 saturated carbocycles. The molecule has 0 aromatic rings. The standard InChI is InChI=1S/C12H22N2O3/c1-13-10-4-2-3-5-11(10)17-12(15)14-9-6-7-16-8-9/h9-11,13H,2-8H2,1H3,(H,14,15). The molecule has 0 bridgehead atoms. The summed E-state index contributed by atoms with van der Waals surface area (Å²) in [5.41, 5.74) is 0. The van der Waals surface area contributed by atoms with Crippen molar-refractivity contribution in [2.24, 2.45) is 0 Å². The maximum atomic E-state index is 11.7. The summed E-state index contributed by atoms with van der Waals surface area (Å²) in [6, 6.07) is 0.424. The van der Waals surface area contributed by atoms with Crippen LogP contribution in [0.5, 0.6) is 0 Å². The van der Waals surface area contributed by atoms with Crippen LogP contribution in [-0.2, 0) is 9.47 Å². The fraction of sp³-hybridized carbons (Fsp3) is 0.917. The van der Waals surface area contributed by atoms with Crippen LogP contribution in [0.25, 0.3) is 0 Å². The van der Waals surface area contributed by atoms with E-state index in [4.69, 9.17) is 9.47 Å². The molecule has 3 unspecified atom stereocenters. The Kier molecular flexibility index (Phi) is 4.62. The van der Waals surface area contributed by atoms with Crippen LogP contribution >= 0.6 is 0 Å². The summed E-state index contributed by atoms with van der Waals surface area (Å²) in [5, 5.41) is 6.08. The molecule has 0 spiro atoms. The Balaban J connectivity index is 1.75. The van der Waals surface area contributed by atoms with Gasteiger partial charge in [-0.25, -0.2) is 4.79 Å². The monoisotopic (exact) mass is 242 g/mol. The lowest BCUT2D eigenvalue weighted by atomic mass is 9.92. The average Bonchev–Trinajstić information content (AvgIpc) is 2.82. The van der Waals surface area contributed by atoms with Crippen LogP contribution < -0.4 is 10.6 Å². The largest absolute Gasteiger partial charge is 0.445 e. The lowest BCUT2D eigenvalue weighted by molar-refractivity contribution is 0.0520. The molecule has 1 aliphatic heterocycles. The topological polar surface area (TPSA) is 59.6 Å². The van der Waals surface area contributed by atoms with Crippen LogP contribution in [0.3, 0.4) is 0 Å². The zero-order valence-electron chi connectivity index (χ0n) is 10.4. The minimum atomic E-state index is -0.298. The predicted octanol–water partition coefficient (Wildman–Crippen LogP) is 1.03. The third-order valence-electron chi connectivity index (χ3n) is 3.58. The maximum absolute atomic E-state index is 11.7. The summed E-state index contributed by atoms with van der Waals surface area (Å²) in [7, 11) is 1.93. The Labute approximate surface area is 102 Å². The van der Waals surface area contributed by atoms with Crippen LogP contribution in [0.15, 0.2) is 0 Å². The van der Waals surface area contributed by atoms with Gasteiger partial charge in [0.05, 0.1) is 12.6 Å². The number of hydrogen-bond acceptors (Lipinski definition) is 4. The minimum Gasteiger partial charge on any atom is -0.445 e. The molecule has 0 radical (unpaired) electrons. The number of likely N-dealkylation sites (N-methyl/N-ethyl adjacent to an activating group) is 1. The molecule has 5 nitrogen and oxygen atoms in total.